The van der Waals surface area contributed by atoms with E-state index in [0.29, 0.717) is 6.42 Å². The van der Waals surface area contributed by atoms with Gasteiger partial charge < -0.3 is 15.3 Å². The summed E-state index contributed by atoms with van der Waals surface area (Å²) in [5.41, 5.74) is 8.80. The molecule has 0 radical (unpaired) electrons. The van der Waals surface area contributed by atoms with E-state index in [2.05, 4.69) is 15.0 Å². The van der Waals surface area contributed by atoms with E-state index in [9.17, 15) is 4.39 Å². The molecule has 0 saturated heterocycles. The van der Waals surface area contributed by atoms with Gasteiger partial charge in [-0.15, -0.1) is 0 Å². The molecule has 2 aromatic heterocycles. The van der Waals surface area contributed by atoms with Crippen molar-refractivity contribution in [2.75, 3.05) is 0 Å². The zero-order valence-corrected chi connectivity index (χ0v) is 12.0. The Hall–Kier alpha value is -2.21. The predicted molar refractivity (Wildman–Crippen MR) is 79.3 cm³/mol. The Balaban J connectivity index is 2.06. The zero-order valence-electron chi connectivity index (χ0n) is 12.0. The Labute approximate surface area is 122 Å². The minimum atomic E-state index is -0.275. The van der Waals surface area contributed by atoms with Crippen molar-refractivity contribution in [1.29, 1.82) is 0 Å². The topological polar surface area (TPSA) is 72.5 Å². The fourth-order valence-corrected chi connectivity index (χ4v) is 2.61. The number of halogens is 1. The molecular weight excluding hydrogens is 269 g/mol. The SMILES string of the molecule is CC(C)n1c(C(N)Cc2cnc[nH]2)nc2ccc(F)cc21. The normalized spacial score (nSPS) is 13.2. The van der Waals surface area contributed by atoms with Crippen molar-refractivity contribution >= 4 is 11.0 Å². The van der Waals surface area contributed by atoms with Gasteiger partial charge in [0.25, 0.3) is 0 Å². The van der Waals surface area contributed by atoms with E-state index < -0.39 is 0 Å². The van der Waals surface area contributed by atoms with Crippen LogP contribution in [0.3, 0.4) is 0 Å². The molecule has 110 valence electrons. The number of rotatable bonds is 4. The number of hydrogen-bond donors (Lipinski definition) is 2. The van der Waals surface area contributed by atoms with E-state index in [0.717, 1.165) is 22.6 Å². The van der Waals surface area contributed by atoms with Gasteiger partial charge in [-0.05, 0) is 32.0 Å². The maximum absolute atomic E-state index is 13.5. The van der Waals surface area contributed by atoms with Gasteiger partial charge in [-0.3, -0.25) is 0 Å². The second-order valence-electron chi connectivity index (χ2n) is 5.45. The molecule has 1 aromatic carbocycles. The molecule has 5 nitrogen and oxygen atoms in total. The third-order valence-corrected chi connectivity index (χ3v) is 3.52. The molecule has 0 aliphatic rings. The maximum Gasteiger partial charge on any atom is 0.127 e. The Morgan fingerprint density at radius 1 is 1.38 bits per heavy atom. The van der Waals surface area contributed by atoms with Crippen LogP contribution in [0.2, 0.25) is 0 Å². The summed E-state index contributed by atoms with van der Waals surface area (Å²) in [6, 6.07) is 4.50. The highest BCUT2D eigenvalue weighted by Crippen LogP contribution is 2.26. The summed E-state index contributed by atoms with van der Waals surface area (Å²) in [5, 5.41) is 0. The van der Waals surface area contributed by atoms with Crippen molar-refractivity contribution < 1.29 is 4.39 Å². The molecule has 21 heavy (non-hydrogen) atoms. The molecule has 3 aromatic rings. The number of imidazole rings is 2. The maximum atomic E-state index is 13.5. The fourth-order valence-electron chi connectivity index (χ4n) is 2.61. The second-order valence-corrected chi connectivity index (χ2v) is 5.45. The number of H-pyrrole nitrogens is 1. The lowest BCUT2D eigenvalue weighted by atomic mass is 10.1. The van der Waals surface area contributed by atoms with Gasteiger partial charge in [0.15, 0.2) is 0 Å². The lowest BCUT2D eigenvalue weighted by Crippen LogP contribution is -2.20. The van der Waals surface area contributed by atoms with E-state index in [4.69, 9.17) is 5.73 Å². The van der Waals surface area contributed by atoms with Gasteiger partial charge in [-0.1, -0.05) is 0 Å². The Morgan fingerprint density at radius 2 is 2.19 bits per heavy atom. The number of nitrogens with one attached hydrogen (secondary N) is 1. The van der Waals surface area contributed by atoms with Crippen LogP contribution in [-0.4, -0.2) is 19.5 Å². The largest absolute Gasteiger partial charge is 0.348 e. The number of aromatic amines is 1. The van der Waals surface area contributed by atoms with E-state index >= 15 is 0 Å². The highest BCUT2D eigenvalue weighted by molar-refractivity contribution is 5.76. The minimum Gasteiger partial charge on any atom is -0.348 e. The number of aromatic nitrogens is 4. The van der Waals surface area contributed by atoms with E-state index in [1.165, 1.54) is 12.1 Å². The summed E-state index contributed by atoms with van der Waals surface area (Å²) >= 11 is 0. The first-order chi connectivity index (χ1) is 10.1. The lowest BCUT2D eigenvalue weighted by Gasteiger charge is -2.17. The summed E-state index contributed by atoms with van der Waals surface area (Å²) in [4.78, 5) is 11.6. The lowest BCUT2D eigenvalue weighted by molar-refractivity contribution is 0.537. The average Bonchev–Trinajstić information content (AvgIpc) is 3.04. The summed E-state index contributed by atoms with van der Waals surface area (Å²) in [6.07, 6.45) is 3.99. The van der Waals surface area contributed by atoms with Crippen LogP contribution >= 0.6 is 0 Å². The molecule has 3 N–H and O–H groups in total. The molecule has 0 saturated carbocycles. The van der Waals surface area contributed by atoms with Crippen molar-refractivity contribution in [3.63, 3.8) is 0 Å². The van der Waals surface area contributed by atoms with Crippen molar-refractivity contribution in [3.05, 3.63) is 48.1 Å². The summed E-state index contributed by atoms with van der Waals surface area (Å²) < 4.78 is 15.5. The highest BCUT2D eigenvalue weighted by atomic mass is 19.1. The van der Waals surface area contributed by atoms with Crippen molar-refractivity contribution in [3.8, 4) is 0 Å². The van der Waals surface area contributed by atoms with Crippen molar-refractivity contribution in [1.82, 2.24) is 19.5 Å². The summed E-state index contributed by atoms with van der Waals surface area (Å²) in [7, 11) is 0. The molecule has 2 heterocycles. The minimum absolute atomic E-state index is 0.152. The van der Waals surface area contributed by atoms with Crippen LogP contribution in [0.1, 0.15) is 37.4 Å². The molecule has 0 aliphatic heterocycles. The van der Waals surface area contributed by atoms with Crippen molar-refractivity contribution in [2.24, 2.45) is 5.73 Å². The van der Waals surface area contributed by atoms with Crippen molar-refractivity contribution in [2.45, 2.75) is 32.4 Å². The first kappa shape index (κ1) is 13.8. The Kier molecular flexibility index (Phi) is 3.47. The summed E-state index contributed by atoms with van der Waals surface area (Å²) in [5.74, 6) is 0.498. The smallest absolute Gasteiger partial charge is 0.127 e. The van der Waals surface area contributed by atoms with Gasteiger partial charge >= 0.3 is 0 Å². The van der Waals surface area contributed by atoms with Crippen LogP contribution in [0.5, 0.6) is 0 Å². The van der Waals surface area contributed by atoms with E-state index in [1.807, 2.05) is 18.4 Å². The monoisotopic (exact) mass is 287 g/mol. The van der Waals surface area contributed by atoms with Crippen LogP contribution in [0.15, 0.2) is 30.7 Å². The molecule has 6 heteroatoms. The molecule has 0 amide bonds. The quantitative estimate of drug-likeness (QED) is 0.775. The number of benzene rings is 1. The van der Waals surface area contributed by atoms with Crippen LogP contribution in [0.4, 0.5) is 4.39 Å². The number of hydrogen-bond acceptors (Lipinski definition) is 3. The Bertz CT molecular complexity index is 745. The van der Waals surface area contributed by atoms with Gasteiger partial charge in [0, 0.05) is 24.4 Å². The average molecular weight is 287 g/mol. The highest BCUT2D eigenvalue weighted by Gasteiger charge is 2.20. The van der Waals surface area contributed by atoms with Crippen LogP contribution in [-0.2, 0) is 6.42 Å². The molecule has 1 unspecified atom stereocenters. The Morgan fingerprint density at radius 3 is 2.86 bits per heavy atom. The molecular formula is C15H18FN5. The van der Waals surface area contributed by atoms with Gasteiger partial charge in [0.1, 0.15) is 11.6 Å². The van der Waals surface area contributed by atoms with Gasteiger partial charge in [0.2, 0.25) is 0 Å². The first-order valence-electron chi connectivity index (χ1n) is 6.96. The molecule has 0 aliphatic carbocycles. The third-order valence-electron chi connectivity index (χ3n) is 3.52. The van der Waals surface area contributed by atoms with Crippen LogP contribution in [0.25, 0.3) is 11.0 Å². The predicted octanol–water partition coefficient (Wildman–Crippen LogP) is 2.72. The first-order valence-corrected chi connectivity index (χ1v) is 6.96. The van der Waals surface area contributed by atoms with Gasteiger partial charge in [0.05, 0.1) is 23.4 Å². The fraction of sp³-hybridized carbons (Fsp3) is 0.333. The molecule has 1 atom stereocenters. The number of nitrogens with zero attached hydrogens (tertiary/aromatic N) is 3. The zero-order chi connectivity index (χ0) is 15.0. The standard InChI is InChI=1S/C15H18FN5/c1-9(2)21-14-5-10(16)3-4-13(14)20-15(21)12(17)6-11-7-18-8-19-11/h3-5,7-9,12H,6,17H2,1-2H3,(H,18,19). The van der Waals surface area contributed by atoms with Crippen LogP contribution in [0, 0.1) is 5.82 Å². The van der Waals surface area contributed by atoms with Gasteiger partial charge in [-0.2, -0.15) is 0 Å². The summed E-state index contributed by atoms with van der Waals surface area (Å²) in [6.45, 7) is 4.08. The number of nitrogens with two attached hydrogens (primary N) is 1. The molecule has 3 rings (SSSR count). The van der Waals surface area contributed by atoms with E-state index in [1.54, 1.807) is 18.6 Å². The molecule has 0 spiro atoms. The molecule has 0 fully saturated rings. The molecule has 0 bridgehead atoms. The van der Waals surface area contributed by atoms with E-state index in [-0.39, 0.29) is 17.9 Å². The van der Waals surface area contributed by atoms with Gasteiger partial charge in [-0.25, -0.2) is 14.4 Å². The number of fused-ring (bicyclic) bond motifs is 1. The second kappa shape index (κ2) is 5.29. The third kappa shape index (κ3) is 2.54. The van der Waals surface area contributed by atoms with Crippen LogP contribution < -0.4 is 5.73 Å².